The average molecular weight is 519 g/mol. The van der Waals surface area contributed by atoms with E-state index in [0.717, 1.165) is 29.6 Å². The molecule has 5 rings (SSSR count). The summed E-state index contributed by atoms with van der Waals surface area (Å²) >= 11 is 0. The third-order valence-electron chi connectivity index (χ3n) is 7.36. The largest absolute Gasteiger partial charge is 0.351 e. The number of amides is 1. The second-order valence-corrected chi connectivity index (χ2v) is 11.6. The minimum Gasteiger partial charge on any atom is -0.351 e. The number of sulfonamides is 1. The molecule has 4 aromatic rings. The maximum absolute atomic E-state index is 13.2. The van der Waals surface area contributed by atoms with Crippen molar-refractivity contribution in [3.63, 3.8) is 0 Å². The number of aromatic nitrogens is 3. The van der Waals surface area contributed by atoms with E-state index < -0.39 is 15.9 Å². The molecule has 37 heavy (non-hydrogen) atoms. The van der Waals surface area contributed by atoms with Gasteiger partial charge >= 0.3 is 0 Å². The molecule has 192 valence electrons. The highest BCUT2D eigenvalue weighted by Gasteiger charge is 2.40. The lowest BCUT2D eigenvalue weighted by molar-refractivity contribution is 0.0981. The molecule has 2 N–H and O–H groups in total. The minimum atomic E-state index is -4.23. The average Bonchev–Trinajstić information content (AvgIpc) is 3.36. The van der Waals surface area contributed by atoms with E-state index in [1.54, 1.807) is 30.5 Å². The van der Waals surface area contributed by atoms with Gasteiger partial charge in [-0.3, -0.25) is 4.79 Å². The summed E-state index contributed by atoms with van der Waals surface area (Å²) in [5, 5.41) is 3.94. The van der Waals surface area contributed by atoms with Crippen LogP contribution < -0.4 is 14.9 Å². The van der Waals surface area contributed by atoms with E-state index >= 15 is 0 Å². The van der Waals surface area contributed by atoms with Crippen molar-refractivity contribution in [3.05, 3.63) is 72.6 Å². The molecule has 1 saturated heterocycles. The molecule has 1 amide bonds. The predicted molar refractivity (Wildman–Crippen MR) is 145 cm³/mol. The summed E-state index contributed by atoms with van der Waals surface area (Å²) in [5.41, 5.74) is 1.84. The number of nitrogens with one attached hydrogen (secondary N) is 2. The lowest BCUT2D eigenvalue weighted by Gasteiger charge is -2.36. The molecule has 1 aromatic carbocycles. The predicted octanol–water partition coefficient (Wildman–Crippen LogP) is 4.46. The Labute approximate surface area is 216 Å². The molecule has 1 aliphatic rings. The third kappa shape index (κ3) is 4.64. The van der Waals surface area contributed by atoms with Crippen LogP contribution in [0, 0.1) is 5.92 Å². The number of hydrogen-bond acceptors (Lipinski definition) is 7. The fourth-order valence-corrected chi connectivity index (χ4v) is 5.70. The number of anilines is 3. The highest BCUT2D eigenvalue weighted by molar-refractivity contribution is 7.90. The number of rotatable bonds is 6. The van der Waals surface area contributed by atoms with Crippen molar-refractivity contribution in [1.29, 1.82) is 0 Å². The van der Waals surface area contributed by atoms with Crippen molar-refractivity contribution in [2.75, 3.05) is 16.8 Å². The Hall–Kier alpha value is -3.92. The lowest BCUT2D eigenvalue weighted by Crippen LogP contribution is -2.43. The molecular formula is C27H30N6O3S. The zero-order valence-electron chi connectivity index (χ0n) is 21.3. The van der Waals surface area contributed by atoms with E-state index in [-0.39, 0.29) is 16.1 Å². The van der Waals surface area contributed by atoms with Gasteiger partial charge in [0.2, 0.25) is 0 Å². The van der Waals surface area contributed by atoms with E-state index in [1.165, 1.54) is 6.07 Å². The summed E-state index contributed by atoms with van der Waals surface area (Å²) in [7, 11) is -2.26. The Kier molecular flexibility index (Phi) is 6.15. The maximum atomic E-state index is 13.2. The molecule has 1 unspecified atom stereocenters. The number of carbonyl (C=O) groups is 1. The topological polar surface area (TPSA) is 109 Å². The minimum absolute atomic E-state index is 0.207. The van der Waals surface area contributed by atoms with Gasteiger partial charge < -0.3 is 14.8 Å². The van der Waals surface area contributed by atoms with Gasteiger partial charge in [0.25, 0.3) is 15.9 Å². The molecule has 3 aromatic heterocycles. The van der Waals surface area contributed by atoms with Crippen molar-refractivity contribution in [1.82, 2.24) is 19.3 Å². The van der Waals surface area contributed by atoms with E-state index in [4.69, 9.17) is 0 Å². The smallest absolute Gasteiger partial charge is 0.281 e. The fourth-order valence-electron chi connectivity index (χ4n) is 4.77. The second kappa shape index (κ2) is 9.19. The van der Waals surface area contributed by atoms with Gasteiger partial charge in [0.1, 0.15) is 11.6 Å². The molecule has 10 heteroatoms. The summed E-state index contributed by atoms with van der Waals surface area (Å²) in [4.78, 5) is 24.0. The first-order chi connectivity index (χ1) is 17.6. The summed E-state index contributed by atoms with van der Waals surface area (Å²) in [6.45, 7) is 7.12. The number of aryl methyl sites for hydroxylation is 1. The highest BCUT2D eigenvalue weighted by atomic mass is 32.2. The van der Waals surface area contributed by atoms with Crippen LogP contribution in [0.4, 0.5) is 17.3 Å². The van der Waals surface area contributed by atoms with Crippen molar-refractivity contribution >= 4 is 44.2 Å². The van der Waals surface area contributed by atoms with Gasteiger partial charge in [-0.2, -0.15) is 8.42 Å². The number of fused-ring (bicyclic) bond motifs is 1. The van der Waals surface area contributed by atoms with Crippen LogP contribution in [-0.2, 0) is 17.1 Å². The first kappa shape index (κ1) is 24.8. The first-order valence-electron chi connectivity index (χ1n) is 12.2. The zero-order valence-corrected chi connectivity index (χ0v) is 22.1. The SMILES string of the molecule is CC1CCN(c2ncccc2C(=O)NS(=O)(=O)c2cccc(Nc3ccc4c(ccn4C)c3)n2)C1(C)C. The summed E-state index contributed by atoms with van der Waals surface area (Å²) < 4.78 is 30.5. The van der Waals surface area contributed by atoms with E-state index in [1.807, 2.05) is 42.1 Å². The summed E-state index contributed by atoms with van der Waals surface area (Å²) in [5.74, 6) is 0.481. The zero-order chi connectivity index (χ0) is 26.4. The van der Waals surface area contributed by atoms with Crippen molar-refractivity contribution in [2.45, 2.75) is 37.8 Å². The summed E-state index contributed by atoms with van der Waals surface area (Å²) in [6.07, 6.45) is 4.55. The molecule has 0 aliphatic carbocycles. The molecule has 4 heterocycles. The van der Waals surface area contributed by atoms with Gasteiger partial charge in [-0.05, 0) is 74.7 Å². The quantitative estimate of drug-likeness (QED) is 0.388. The van der Waals surface area contributed by atoms with Gasteiger partial charge in [-0.25, -0.2) is 14.7 Å². The third-order valence-corrected chi connectivity index (χ3v) is 8.59. The Morgan fingerprint density at radius 1 is 1.11 bits per heavy atom. The Bertz CT molecular complexity index is 1590. The number of nitrogens with zero attached hydrogens (tertiary/aromatic N) is 4. The molecular weight excluding hydrogens is 488 g/mol. The van der Waals surface area contributed by atoms with Crippen LogP contribution in [0.3, 0.4) is 0 Å². The van der Waals surface area contributed by atoms with Crippen LogP contribution in [0.2, 0.25) is 0 Å². The van der Waals surface area contributed by atoms with E-state index in [0.29, 0.717) is 17.6 Å². The van der Waals surface area contributed by atoms with Crippen molar-refractivity contribution in [3.8, 4) is 0 Å². The van der Waals surface area contributed by atoms with Gasteiger partial charge in [0.15, 0.2) is 5.03 Å². The molecule has 0 saturated carbocycles. The van der Waals surface area contributed by atoms with Crippen LogP contribution in [-0.4, -0.2) is 40.9 Å². The number of carbonyl (C=O) groups excluding carboxylic acids is 1. The fraction of sp³-hybridized carbons (Fsp3) is 0.296. The van der Waals surface area contributed by atoms with Gasteiger partial charge in [0.05, 0.1) is 5.56 Å². The van der Waals surface area contributed by atoms with Crippen LogP contribution >= 0.6 is 0 Å². The second-order valence-electron chi connectivity index (χ2n) is 9.99. The number of pyridine rings is 2. The maximum Gasteiger partial charge on any atom is 0.281 e. The Balaban J connectivity index is 1.37. The normalized spacial score (nSPS) is 17.2. The standard InChI is InChI=1S/C27H30N6O3S/c1-18-12-16-33(27(18,2)3)25-21(7-6-14-28-25)26(34)31-37(35,36)24-9-5-8-23(30-24)29-20-10-11-22-19(17-20)13-15-32(22)4/h5-11,13-15,17-18H,12,16H2,1-4H3,(H,29,30)(H,31,34). The van der Waals surface area contributed by atoms with Crippen molar-refractivity contribution in [2.24, 2.45) is 13.0 Å². The molecule has 9 nitrogen and oxygen atoms in total. The van der Waals surface area contributed by atoms with Crippen molar-refractivity contribution < 1.29 is 13.2 Å². The molecule has 0 spiro atoms. The number of benzene rings is 1. The molecule has 1 atom stereocenters. The van der Waals surface area contributed by atoms with E-state index in [9.17, 15) is 13.2 Å². The summed E-state index contributed by atoms with van der Waals surface area (Å²) in [6, 6.07) is 15.7. The van der Waals surface area contributed by atoms with Gasteiger partial charge in [0, 0.05) is 48.1 Å². The number of hydrogen-bond donors (Lipinski definition) is 2. The first-order valence-corrected chi connectivity index (χ1v) is 13.6. The Morgan fingerprint density at radius 2 is 1.92 bits per heavy atom. The highest BCUT2D eigenvalue weighted by Crippen LogP contribution is 2.38. The molecule has 1 aliphatic heterocycles. The van der Waals surface area contributed by atoms with Gasteiger partial charge in [-0.1, -0.05) is 13.0 Å². The van der Waals surface area contributed by atoms with Crippen LogP contribution in [0.5, 0.6) is 0 Å². The van der Waals surface area contributed by atoms with E-state index in [2.05, 4.69) is 45.7 Å². The Morgan fingerprint density at radius 3 is 2.68 bits per heavy atom. The monoisotopic (exact) mass is 518 g/mol. The van der Waals surface area contributed by atoms with Gasteiger partial charge in [-0.15, -0.1) is 0 Å². The van der Waals surface area contributed by atoms with Crippen LogP contribution in [0.1, 0.15) is 37.6 Å². The van der Waals surface area contributed by atoms with Crippen LogP contribution in [0.15, 0.2) is 72.0 Å². The van der Waals surface area contributed by atoms with Crippen LogP contribution in [0.25, 0.3) is 10.9 Å². The molecule has 0 radical (unpaired) electrons. The molecule has 1 fully saturated rings. The lowest BCUT2D eigenvalue weighted by atomic mass is 9.90. The molecule has 0 bridgehead atoms.